The molecule has 0 N–H and O–H groups in total. The lowest BCUT2D eigenvalue weighted by Gasteiger charge is -1.79. The summed E-state index contributed by atoms with van der Waals surface area (Å²) >= 11 is 5.85. The van der Waals surface area contributed by atoms with Crippen molar-refractivity contribution in [1.82, 2.24) is 4.98 Å². The predicted octanol–water partition coefficient (Wildman–Crippen LogP) is 1.52. The topological polar surface area (TPSA) is 30.0 Å². The Morgan fingerprint density at radius 3 is 2.78 bits per heavy atom. The molecule has 0 saturated carbocycles. The maximum absolute atomic E-state index is 10.1. The largest absolute Gasteiger partial charge is 0.506 e. The average molecular weight is 161 g/mol. The summed E-state index contributed by atoms with van der Waals surface area (Å²) in [5.74, 6) is 0. The van der Waals surface area contributed by atoms with E-state index in [2.05, 4.69) is 4.98 Å². The summed E-state index contributed by atoms with van der Waals surface area (Å²) in [6, 6.07) is 3.22. The van der Waals surface area contributed by atoms with Crippen LogP contribution >= 0.6 is 11.6 Å². The molecule has 1 aromatic rings. The zero-order valence-corrected chi connectivity index (χ0v) is 5.95. The van der Waals surface area contributed by atoms with Gasteiger partial charge >= 0.3 is 16.6 Å². The summed E-state index contributed by atoms with van der Waals surface area (Å²) in [6.07, 6.45) is 1.44. The number of halogens is 1. The van der Waals surface area contributed by atoms with E-state index in [1.807, 2.05) is 0 Å². The van der Waals surface area contributed by atoms with Gasteiger partial charge in [0.05, 0.1) is 6.20 Å². The highest BCUT2D eigenvalue weighted by Crippen LogP contribution is 2.04. The van der Waals surface area contributed by atoms with Crippen LogP contribution in [0.4, 0.5) is 0 Å². The van der Waals surface area contributed by atoms with Crippen molar-refractivity contribution in [3.8, 4) is 0 Å². The quantitative estimate of drug-likeness (QED) is 0.461. The second-order valence-electron chi connectivity index (χ2n) is 1.40. The molecule has 0 aliphatic heterocycles. The van der Waals surface area contributed by atoms with Gasteiger partial charge in [-0.05, 0) is 6.07 Å². The Balaban J connectivity index is 3.01. The maximum atomic E-state index is 10.1. The molecule has 0 fully saturated rings. The summed E-state index contributed by atoms with van der Waals surface area (Å²) < 4.78 is 10.1. The Labute approximate surface area is 61.4 Å². The Bertz CT molecular complexity index is 211. The van der Waals surface area contributed by atoms with Crippen LogP contribution in [0.3, 0.4) is 0 Å². The lowest BCUT2D eigenvalue weighted by molar-refractivity contribution is 0.604. The molecule has 0 spiro atoms. The van der Waals surface area contributed by atoms with Crippen molar-refractivity contribution in [3.63, 3.8) is 0 Å². The van der Waals surface area contributed by atoms with Gasteiger partial charge in [0, 0.05) is 10.3 Å². The number of pyridine rings is 1. The summed E-state index contributed by atoms with van der Waals surface area (Å²) in [4.78, 5) is 4.28. The van der Waals surface area contributed by atoms with E-state index in [-0.39, 0.29) is 0 Å². The molecule has 0 amide bonds. The molecular weight excluding hydrogens is 158 g/mol. The lowest BCUT2D eigenvalue weighted by Crippen LogP contribution is -1.75. The molecule has 0 aliphatic carbocycles. The number of rotatable bonds is 1. The molecule has 0 aliphatic rings. The second kappa shape index (κ2) is 2.85. The monoisotopic (exact) mass is 160 g/mol. The van der Waals surface area contributed by atoms with E-state index in [1.165, 1.54) is 6.20 Å². The van der Waals surface area contributed by atoms with E-state index in [9.17, 15) is 4.21 Å². The van der Waals surface area contributed by atoms with Gasteiger partial charge < -0.3 is 0 Å². The van der Waals surface area contributed by atoms with E-state index in [0.717, 1.165) is 0 Å². The first-order chi connectivity index (χ1) is 4.33. The number of hydrogen-bond acceptors (Lipinski definition) is 2. The fraction of sp³-hybridized carbons (Fsp3) is 0. The Morgan fingerprint density at radius 1 is 1.56 bits per heavy atom. The molecule has 1 rings (SSSR count). The molecule has 4 heteroatoms. The van der Waals surface area contributed by atoms with Crippen molar-refractivity contribution in [1.29, 1.82) is 0 Å². The van der Waals surface area contributed by atoms with E-state index in [1.54, 1.807) is 12.1 Å². The molecule has 1 aromatic heterocycles. The third-order valence-electron chi connectivity index (χ3n) is 0.796. The van der Waals surface area contributed by atoms with Gasteiger partial charge in [0.25, 0.3) is 0 Å². The molecule has 0 atom stereocenters. The number of aromatic nitrogens is 1. The van der Waals surface area contributed by atoms with E-state index in [0.29, 0.717) is 21.7 Å². The van der Waals surface area contributed by atoms with Crippen LogP contribution in [0.5, 0.6) is 0 Å². The van der Waals surface area contributed by atoms with Crippen LogP contribution in [-0.4, -0.2) is 4.98 Å². The lowest BCUT2D eigenvalue weighted by atomic mass is 10.5. The number of hydrogen-bond donors (Lipinski definition) is 0. The van der Waals surface area contributed by atoms with Crippen molar-refractivity contribution in [2.24, 2.45) is 0 Å². The zero-order valence-electron chi connectivity index (χ0n) is 4.37. The molecule has 46 valence electrons. The standard InChI is InChI=1S/C5H3ClNOS/c6-5-2-1-4(9-8)3-7-5/h1-3H/q+1. The first-order valence-electron chi connectivity index (χ1n) is 2.24. The Hall–Kier alpha value is -0.540. The van der Waals surface area contributed by atoms with Crippen LogP contribution in [0.1, 0.15) is 0 Å². The normalized spacial score (nSPS) is 9.00. The summed E-state index contributed by atoms with van der Waals surface area (Å²) in [5.41, 5.74) is 0. The smallest absolute Gasteiger partial charge is 0.238 e. The van der Waals surface area contributed by atoms with Crippen molar-refractivity contribution >= 4 is 23.3 Å². The fourth-order valence-corrected chi connectivity index (χ4v) is 0.743. The van der Waals surface area contributed by atoms with Gasteiger partial charge in [-0.3, -0.25) is 0 Å². The molecule has 0 radical (unpaired) electrons. The molecule has 0 unspecified atom stereocenters. The van der Waals surface area contributed by atoms with Gasteiger partial charge in [-0.1, -0.05) is 11.6 Å². The van der Waals surface area contributed by atoms with Gasteiger partial charge in [0.1, 0.15) is 5.15 Å². The van der Waals surface area contributed by atoms with Gasteiger partial charge in [0.15, 0.2) is 0 Å². The minimum atomic E-state index is 0.406. The summed E-state index contributed by atoms with van der Waals surface area (Å²) in [5, 5.41) is 0.410. The van der Waals surface area contributed by atoms with Gasteiger partial charge in [-0.25, -0.2) is 4.98 Å². The molecule has 0 aromatic carbocycles. The minimum absolute atomic E-state index is 0.406. The zero-order chi connectivity index (χ0) is 6.69. The van der Waals surface area contributed by atoms with Crippen LogP contribution in [0, 0.1) is 0 Å². The highest BCUT2D eigenvalue weighted by atomic mass is 35.5. The van der Waals surface area contributed by atoms with Crippen LogP contribution in [0.15, 0.2) is 23.2 Å². The molecule has 0 bridgehead atoms. The van der Waals surface area contributed by atoms with Crippen LogP contribution in [0.25, 0.3) is 0 Å². The van der Waals surface area contributed by atoms with Crippen molar-refractivity contribution in [2.75, 3.05) is 0 Å². The maximum Gasteiger partial charge on any atom is 0.506 e. The molecule has 2 nitrogen and oxygen atoms in total. The fourth-order valence-electron chi connectivity index (χ4n) is 0.412. The molecule has 1 heterocycles. The summed E-state index contributed by atoms with van der Waals surface area (Å²) in [7, 11) is 0. The molecule has 0 saturated heterocycles. The van der Waals surface area contributed by atoms with Crippen LogP contribution in [-0.2, 0) is 15.9 Å². The summed E-state index contributed by atoms with van der Waals surface area (Å²) in [6.45, 7) is 0. The van der Waals surface area contributed by atoms with Crippen molar-refractivity contribution in [2.45, 2.75) is 4.90 Å². The minimum Gasteiger partial charge on any atom is -0.238 e. The predicted molar refractivity (Wildman–Crippen MR) is 35.6 cm³/mol. The molecule has 9 heavy (non-hydrogen) atoms. The Morgan fingerprint density at radius 2 is 2.33 bits per heavy atom. The number of nitrogens with zero attached hydrogens (tertiary/aromatic N) is 1. The third kappa shape index (κ3) is 1.69. The van der Waals surface area contributed by atoms with E-state index >= 15 is 0 Å². The Kier molecular flexibility index (Phi) is 2.08. The third-order valence-corrected chi connectivity index (χ3v) is 1.45. The van der Waals surface area contributed by atoms with Gasteiger partial charge in [-0.15, -0.1) is 0 Å². The van der Waals surface area contributed by atoms with Gasteiger partial charge in [0.2, 0.25) is 0 Å². The SMILES string of the molecule is O=[S+]c1ccc(Cl)nc1. The highest BCUT2D eigenvalue weighted by molar-refractivity contribution is 7.65. The van der Waals surface area contributed by atoms with E-state index < -0.39 is 0 Å². The second-order valence-corrected chi connectivity index (χ2v) is 2.43. The average Bonchev–Trinajstić information content (AvgIpc) is 1.90. The van der Waals surface area contributed by atoms with Crippen LogP contribution in [0.2, 0.25) is 5.15 Å². The van der Waals surface area contributed by atoms with Crippen molar-refractivity contribution in [3.05, 3.63) is 23.5 Å². The van der Waals surface area contributed by atoms with Crippen LogP contribution < -0.4 is 0 Å². The van der Waals surface area contributed by atoms with E-state index in [4.69, 9.17) is 11.6 Å². The van der Waals surface area contributed by atoms with Gasteiger partial charge in [-0.2, -0.15) is 0 Å². The van der Waals surface area contributed by atoms with Crippen molar-refractivity contribution < 1.29 is 4.21 Å². The highest BCUT2D eigenvalue weighted by Gasteiger charge is 2.03. The first-order valence-corrected chi connectivity index (χ1v) is 3.36. The first kappa shape index (κ1) is 6.58. The molecular formula is C5H3ClNOS+.